The van der Waals surface area contributed by atoms with E-state index in [2.05, 4.69) is 31.0 Å². The minimum absolute atomic E-state index is 0.00691. The summed E-state index contributed by atoms with van der Waals surface area (Å²) < 4.78 is 19.3. The summed E-state index contributed by atoms with van der Waals surface area (Å²) in [5.74, 6) is -0.708. The fraction of sp³-hybridized carbons (Fsp3) is 0.611. The summed E-state index contributed by atoms with van der Waals surface area (Å²) in [5, 5.41) is 2.58. The zero-order chi connectivity index (χ0) is 18.1. The molecule has 5 nitrogen and oxygen atoms in total. The second kappa shape index (κ2) is 6.69. The van der Waals surface area contributed by atoms with Crippen LogP contribution in [0.4, 0.5) is 15.8 Å². The Hall–Kier alpha value is -1.66. The van der Waals surface area contributed by atoms with Crippen LogP contribution in [0.5, 0.6) is 0 Å². The van der Waals surface area contributed by atoms with Gasteiger partial charge in [0.05, 0.1) is 11.3 Å². The van der Waals surface area contributed by atoms with Crippen molar-refractivity contribution >= 4 is 17.3 Å². The van der Waals surface area contributed by atoms with Crippen LogP contribution in [0.25, 0.3) is 0 Å². The number of halogens is 1. The van der Waals surface area contributed by atoms with Crippen molar-refractivity contribution < 1.29 is 13.9 Å². The van der Waals surface area contributed by atoms with E-state index in [-0.39, 0.29) is 22.6 Å². The van der Waals surface area contributed by atoms with Gasteiger partial charge in [0, 0.05) is 37.2 Å². The third-order valence-electron chi connectivity index (χ3n) is 5.72. The third-order valence-corrected chi connectivity index (χ3v) is 5.72. The van der Waals surface area contributed by atoms with Crippen LogP contribution in [0.2, 0.25) is 0 Å². The first-order valence-corrected chi connectivity index (χ1v) is 8.21. The SMILES string of the molecule is CO[C@]1(C)C[C@H](N(C)CCC(=O)Nc2cc(N)ccc2F)C1(C)C. The topological polar surface area (TPSA) is 67.6 Å². The maximum Gasteiger partial charge on any atom is 0.225 e. The molecule has 1 aromatic rings. The van der Waals surface area contributed by atoms with Crippen LogP contribution >= 0.6 is 0 Å². The average molecular weight is 337 g/mol. The highest BCUT2D eigenvalue weighted by Crippen LogP contribution is 2.53. The van der Waals surface area contributed by atoms with Gasteiger partial charge in [-0.2, -0.15) is 0 Å². The lowest BCUT2D eigenvalue weighted by molar-refractivity contribution is -0.205. The molecule has 1 amide bonds. The zero-order valence-electron chi connectivity index (χ0n) is 15.1. The number of nitrogen functional groups attached to an aromatic ring is 1. The fourth-order valence-corrected chi connectivity index (χ4v) is 3.45. The number of hydrogen-bond acceptors (Lipinski definition) is 4. The highest BCUT2D eigenvalue weighted by molar-refractivity contribution is 5.91. The van der Waals surface area contributed by atoms with Gasteiger partial charge in [0.25, 0.3) is 0 Å². The molecule has 0 saturated heterocycles. The Morgan fingerprint density at radius 2 is 2.12 bits per heavy atom. The van der Waals surface area contributed by atoms with Crippen molar-refractivity contribution in [3.63, 3.8) is 0 Å². The molecule has 0 spiro atoms. The summed E-state index contributed by atoms with van der Waals surface area (Å²) in [4.78, 5) is 14.3. The van der Waals surface area contributed by atoms with Gasteiger partial charge in [0.1, 0.15) is 5.82 Å². The molecule has 0 aromatic heterocycles. The van der Waals surface area contributed by atoms with Gasteiger partial charge < -0.3 is 20.7 Å². The summed E-state index contributed by atoms with van der Waals surface area (Å²) in [5.41, 5.74) is 6.03. The Morgan fingerprint density at radius 3 is 2.71 bits per heavy atom. The molecule has 3 N–H and O–H groups in total. The number of ether oxygens (including phenoxy) is 1. The lowest BCUT2D eigenvalue weighted by Gasteiger charge is -2.61. The second-order valence-corrected chi connectivity index (χ2v) is 7.39. The van der Waals surface area contributed by atoms with E-state index in [0.29, 0.717) is 24.7 Å². The number of hydrogen-bond donors (Lipinski definition) is 2. The van der Waals surface area contributed by atoms with Gasteiger partial charge in [-0.1, -0.05) is 13.8 Å². The molecule has 1 aliphatic carbocycles. The zero-order valence-corrected chi connectivity index (χ0v) is 15.1. The highest BCUT2D eigenvalue weighted by Gasteiger charge is 2.58. The highest BCUT2D eigenvalue weighted by atomic mass is 19.1. The molecule has 1 aliphatic rings. The van der Waals surface area contributed by atoms with E-state index in [1.54, 1.807) is 7.11 Å². The van der Waals surface area contributed by atoms with Crippen molar-refractivity contribution in [1.29, 1.82) is 0 Å². The number of nitrogens with one attached hydrogen (secondary N) is 1. The van der Waals surface area contributed by atoms with Crippen LogP contribution in [0.1, 0.15) is 33.6 Å². The van der Waals surface area contributed by atoms with Gasteiger partial charge in [0.15, 0.2) is 0 Å². The van der Waals surface area contributed by atoms with Crippen LogP contribution < -0.4 is 11.1 Å². The quantitative estimate of drug-likeness (QED) is 0.783. The van der Waals surface area contributed by atoms with Crippen LogP contribution in [0, 0.1) is 11.2 Å². The Bertz CT molecular complexity index is 620. The van der Waals surface area contributed by atoms with Crippen molar-refractivity contribution in [3.8, 4) is 0 Å². The first kappa shape index (κ1) is 18.7. The molecule has 1 saturated carbocycles. The van der Waals surface area contributed by atoms with Crippen molar-refractivity contribution in [1.82, 2.24) is 4.90 Å². The smallest absolute Gasteiger partial charge is 0.225 e. The van der Waals surface area contributed by atoms with E-state index in [4.69, 9.17) is 10.5 Å². The first-order valence-electron chi connectivity index (χ1n) is 8.21. The predicted octanol–water partition coefficient (Wildman–Crippen LogP) is 2.87. The van der Waals surface area contributed by atoms with E-state index in [0.717, 1.165) is 6.42 Å². The minimum Gasteiger partial charge on any atom is -0.399 e. The van der Waals surface area contributed by atoms with Gasteiger partial charge in [-0.25, -0.2) is 4.39 Å². The number of anilines is 2. The Morgan fingerprint density at radius 1 is 1.46 bits per heavy atom. The van der Waals surface area contributed by atoms with Crippen LogP contribution in [0.15, 0.2) is 18.2 Å². The predicted molar refractivity (Wildman–Crippen MR) is 94.3 cm³/mol. The van der Waals surface area contributed by atoms with Gasteiger partial charge >= 0.3 is 0 Å². The van der Waals surface area contributed by atoms with E-state index >= 15 is 0 Å². The van der Waals surface area contributed by atoms with Crippen molar-refractivity contribution in [2.75, 3.05) is 31.8 Å². The largest absolute Gasteiger partial charge is 0.399 e. The van der Waals surface area contributed by atoms with E-state index in [1.165, 1.54) is 18.2 Å². The monoisotopic (exact) mass is 337 g/mol. The van der Waals surface area contributed by atoms with E-state index in [1.807, 2.05) is 7.05 Å². The molecule has 0 heterocycles. The minimum atomic E-state index is -0.484. The molecule has 2 rings (SSSR count). The number of nitrogens with zero attached hydrogens (tertiary/aromatic N) is 1. The van der Waals surface area contributed by atoms with E-state index < -0.39 is 5.82 Å². The van der Waals surface area contributed by atoms with E-state index in [9.17, 15) is 9.18 Å². The summed E-state index contributed by atoms with van der Waals surface area (Å²) in [6.07, 6.45) is 1.22. The summed E-state index contributed by atoms with van der Waals surface area (Å²) >= 11 is 0. The number of carbonyl (C=O) groups is 1. The molecule has 0 unspecified atom stereocenters. The molecule has 1 fully saturated rings. The van der Waals surface area contributed by atoms with Crippen molar-refractivity contribution in [2.24, 2.45) is 5.41 Å². The average Bonchev–Trinajstić information content (AvgIpc) is 2.53. The molecule has 0 aliphatic heterocycles. The molecule has 6 heteroatoms. The molecule has 2 atom stereocenters. The Labute approximate surface area is 143 Å². The third kappa shape index (κ3) is 3.39. The molecule has 0 radical (unpaired) electrons. The molecule has 0 bridgehead atoms. The Balaban J connectivity index is 1.87. The maximum absolute atomic E-state index is 13.7. The van der Waals surface area contributed by atoms with Crippen molar-refractivity contribution in [3.05, 3.63) is 24.0 Å². The number of methoxy groups -OCH3 is 1. The van der Waals surface area contributed by atoms with Crippen molar-refractivity contribution in [2.45, 2.75) is 45.3 Å². The van der Waals surface area contributed by atoms with Crippen LogP contribution in [-0.2, 0) is 9.53 Å². The standard InChI is InChI=1S/C18H28FN3O2/c1-17(2)15(11-18(17,3)24-5)22(4)9-8-16(23)21-14-10-12(20)6-7-13(14)19/h6-7,10,15H,8-9,11,20H2,1-5H3,(H,21,23)/t15-,18+/m0/s1. The van der Waals surface area contributed by atoms with Gasteiger partial charge in [0.2, 0.25) is 5.91 Å². The molecule has 1 aromatic carbocycles. The van der Waals surface area contributed by atoms with Crippen LogP contribution in [0.3, 0.4) is 0 Å². The lowest BCUT2D eigenvalue weighted by Crippen LogP contribution is -2.68. The second-order valence-electron chi connectivity index (χ2n) is 7.39. The number of amides is 1. The summed E-state index contributed by atoms with van der Waals surface area (Å²) in [6, 6.07) is 4.49. The number of nitrogens with two attached hydrogens (primary N) is 1. The number of rotatable bonds is 6. The van der Waals surface area contributed by atoms with Crippen LogP contribution in [-0.4, -0.2) is 43.2 Å². The summed E-state index contributed by atoms with van der Waals surface area (Å²) in [6.45, 7) is 7.09. The first-order chi connectivity index (χ1) is 11.1. The molecule has 134 valence electrons. The summed E-state index contributed by atoms with van der Waals surface area (Å²) in [7, 11) is 3.75. The normalized spacial score (nSPS) is 25.4. The molecular weight excluding hydrogens is 309 g/mol. The molecular formula is C18H28FN3O2. The lowest BCUT2D eigenvalue weighted by atomic mass is 9.55. The Kier molecular flexibility index (Phi) is 5.20. The van der Waals surface area contributed by atoms with Gasteiger partial charge in [-0.15, -0.1) is 0 Å². The number of carbonyl (C=O) groups excluding carboxylic acids is 1. The van der Waals surface area contributed by atoms with Gasteiger partial charge in [-0.05, 0) is 38.6 Å². The molecule has 24 heavy (non-hydrogen) atoms. The maximum atomic E-state index is 13.7. The van der Waals surface area contributed by atoms with Gasteiger partial charge in [-0.3, -0.25) is 4.79 Å². The number of benzene rings is 1. The fourth-order valence-electron chi connectivity index (χ4n) is 3.45.